The van der Waals surface area contributed by atoms with E-state index < -0.39 is 0 Å². The second kappa shape index (κ2) is 9.08. The summed E-state index contributed by atoms with van der Waals surface area (Å²) < 4.78 is 13.1. The molecule has 6 heteroatoms. The maximum atomic E-state index is 13.1. The third-order valence-corrected chi connectivity index (χ3v) is 7.19. The highest BCUT2D eigenvalue weighted by atomic mass is 32.1. The van der Waals surface area contributed by atoms with Gasteiger partial charge in [-0.05, 0) is 55.5 Å². The Labute approximate surface area is 175 Å². The van der Waals surface area contributed by atoms with Crippen LogP contribution in [0.15, 0.2) is 36.4 Å². The van der Waals surface area contributed by atoms with Crippen molar-refractivity contribution in [2.45, 2.75) is 51.0 Å². The molecule has 29 heavy (non-hydrogen) atoms. The first-order chi connectivity index (χ1) is 14.1. The van der Waals surface area contributed by atoms with Crippen molar-refractivity contribution < 1.29 is 14.0 Å². The molecule has 4 nitrogen and oxygen atoms in total. The number of carbonyl (C=O) groups excluding carboxylic acids is 2. The highest BCUT2D eigenvalue weighted by Gasteiger charge is 2.29. The van der Waals surface area contributed by atoms with Gasteiger partial charge in [0, 0.05) is 29.9 Å². The summed E-state index contributed by atoms with van der Waals surface area (Å²) in [5.41, 5.74) is 0.907. The Morgan fingerprint density at radius 2 is 1.62 bits per heavy atom. The Balaban J connectivity index is 1.29. The quantitative estimate of drug-likeness (QED) is 0.777. The molecule has 1 aromatic carbocycles. The van der Waals surface area contributed by atoms with E-state index in [1.807, 2.05) is 17.0 Å². The fourth-order valence-electron chi connectivity index (χ4n) is 4.34. The molecule has 2 fully saturated rings. The van der Waals surface area contributed by atoms with E-state index in [0.29, 0.717) is 10.8 Å². The first-order valence-corrected chi connectivity index (χ1v) is 11.4. The molecule has 2 aliphatic rings. The van der Waals surface area contributed by atoms with Gasteiger partial charge < -0.3 is 10.2 Å². The molecule has 1 aromatic heterocycles. The van der Waals surface area contributed by atoms with Crippen LogP contribution in [0.2, 0.25) is 0 Å². The van der Waals surface area contributed by atoms with Crippen LogP contribution < -0.4 is 5.32 Å². The van der Waals surface area contributed by atoms with Crippen LogP contribution >= 0.6 is 11.3 Å². The van der Waals surface area contributed by atoms with Gasteiger partial charge in [0.15, 0.2) is 0 Å². The largest absolute Gasteiger partial charge is 0.348 e. The second-order valence-electron chi connectivity index (χ2n) is 8.08. The molecule has 0 bridgehead atoms. The molecule has 1 saturated carbocycles. The van der Waals surface area contributed by atoms with Gasteiger partial charge >= 0.3 is 0 Å². The number of carbonyl (C=O) groups is 2. The zero-order chi connectivity index (χ0) is 20.2. The summed E-state index contributed by atoms with van der Waals surface area (Å²) in [4.78, 5) is 28.9. The number of rotatable bonds is 4. The fourth-order valence-corrected chi connectivity index (χ4v) is 5.25. The van der Waals surface area contributed by atoms with Gasteiger partial charge in [-0.2, -0.15) is 0 Å². The smallest absolute Gasteiger partial charge is 0.261 e. The molecule has 0 atom stereocenters. The maximum Gasteiger partial charge on any atom is 0.261 e. The Kier molecular flexibility index (Phi) is 6.28. The number of nitrogens with zero attached hydrogens (tertiary/aromatic N) is 1. The molecule has 0 radical (unpaired) electrons. The molecule has 1 N–H and O–H groups in total. The minimum atomic E-state index is -0.267. The van der Waals surface area contributed by atoms with Crippen molar-refractivity contribution in [1.29, 1.82) is 0 Å². The zero-order valence-corrected chi connectivity index (χ0v) is 17.3. The Morgan fingerprint density at radius 3 is 2.31 bits per heavy atom. The molecule has 4 rings (SSSR count). The van der Waals surface area contributed by atoms with Crippen molar-refractivity contribution in [1.82, 2.24) is 10.2 Å². The fraction of sp³-hybridized carbons (Fsp3) is 0.478. The number of hydrogen-bond donors (Lipinski definition) is 1. The van der Waals surface area contributed by atoms with E-state index in [0.717, 1.165) is 49.2 Å². The van der Waals surface area contributed by atoms with E-state index in [4.69, 9.17) is 0 Å². The third-order valence-electron chi connectivity index (χ3n) is 6.05. The number of likely N-dealkylation sites (tertiary alicyclic amines) is 1. The lowest BCUT2D eigenvalue weighted by molar-refractivity contribution is -0.137. The van der Waals surface area contributed by atoms with Gasteiger partial charge in [0.2, 0.25) is 5.91 Å². The van der Waals surface area contributed by atoms with Crippen LogP contribution in [0.25, 0.3) is 10.4 Å². The van der Waals surface area contributed by atoms with Gasteiger partial charge in [-0.25, -0.2) is 4.39 Å². The van der Waals surface area contributed by atoms with E-state index in [2.05, 4.69) is 5.32 Å². The predicted octanol–water partition coefficient (Wildman–Crippen LogP) is 4.86. The highest BCUT2D eigenvalue weighted by molar-refractivity contribution is 7.17. The maximum absolute atomic E-state index is 13.1. The van der Waals surface area contributed by atoms with Gasteiger partial charge in [0.25, 0.3) is 5.91 Å². The number of amides is 2. The van der Waals surface area contributed by atoms with Crippen LogP contribution in [0.3, 0.4) is 0 Å². The van der Waals surface area contributed by atoms with E-state index in [-0.39, 0.29) is 23.7 Å². The molecule has 0 unspecified atom stereocenters. The molecule has 0 spiro atoms. The lowest BCUT2D eigenvalue weighted by Gasteiger charge is -2.35. The van der Waals surface area contributed by atoms with Crippen molar-refractivity contribution in [3.8, 4) is 10.4 Å². The number of nitrogens with one attached hydrogen (secondary N) is 1. The van der Waals surface area contributed by atoms with Gasteiger partial charge in [-0.1, -0.05) is 31.4 Å². The van der Waals surface area contributed by atoms with Crippen LogP contribution in [-0.4, -0.2) is 35.8 Å². The summed E-state index contributed by atoms with van der Waals surface area (Å²) in [6.07, 6.45) is 7.27. The predicted molar refractivity (Wildman–Crippen MR) is 113 cm³/mol. The van der Waals surface area contributed by atoms with Crippen LogP contribution in [0.1, 0.15) is 54.6 Å². The third kappa shape index (κ3) is 4.86. The van der Waals surface area contributed by atoms with Crippen molar-refractivity contribution >= 4 is 23.2 Å². The Morgan fingerprint density at radius 1 is 0.931 bits per heavy atom. The van der Waals surface area contributed by atoms with E-state index in [9.17, 15) is 14.0 Å². The van der Waals surface area contributed by atoms with Gasteiger partial charge in [-0.3, -0.25) is 9.59 Å². The molecule has 1 aliphatic carbocycles. The van der Waals surface area contributed by atoms with E-state index >= 15 is 0 Å². The minimum Gasteiger partial charge on any atom is -0.348 e. The number of piperidine rings is 1. The summed E-state index contributed by atoms with van der Waals surface area (Å²) >= 11 is 1.41. The van der Waals surface area contributed by atoms with Crippen molar-refractivity contribution in [2.24, 2.45) is 5.92 Å². The number of halogens is 1. The number of hydrogen-bond acceptors (Lipinski definition) is 3. The summed E-state index contributed by atoms with van der Waals surface area (Å²) in [5.74, 6) is 0.194. The van der Waals surface area contributed by atoms with Crippen molar-refractivity contribution in [3.05, 3.63) is 47.1 Å². The Hall–Kier alpha value is -2.21. The lowest BCUT2D eigenvalue weighted by Crippen LogP contribution is -2.48. The van der Waals surface area contributed by atoms with Gasteiger partial charge in [0.05, 0.1) is 4.88 Å². The molecular formula is C23H27FN2O2S. The van der Waals surface area contributed by atoms with Gasteiger partial charge in [0.1, 0.15) is 5.82 Å². The first-order valence-electron chi connectivity index (χ1n) is 10.6. The zero-order valence-electron chi connectivity index (χ0n) is 16.5. The van der Waals surface area contributed by atoms with Crippen LogP contribution in [0.5, 0.6) is 0 Å². The monoisotopic (exact) mass is 414 g/mol. The molecule has 1 aliphatic heterocycles. The molecule has 1 saturated heterocycles. The van der Waals surface area contributed by atoms with E-state index in [1.165, 1.54) is 42.7 Å². The molecule has 2 aromatic rings. The SMILES string of the molecule is O=C(NC1CCN(C(=O)C2CCCCC2)CC1)c1ccc(-c2ccc(F)cc2)s1. The second-order valence-corrected chi connectivity index (χ2v) is 9.16. The normalized spacial score (nSPS) is 18.6. The summed E-state index contributed by atoms with van der Waals surface area (Å²) in [5, 5.41) is 3.12. The van der Waals surface area contributed by atoms with Crippen LogP contribution in [0.4, 0.5) is 4.39 Å². The van der Waals surface area contributed by atoms with Crippen molar-refractivity contribution in [3.63, 3.8) is 0 Å². The number of thiophene rings is 1. The summed E-state index contributed by atoms with van der Waals surface area (Å²) in [7, 11) is 0. The average Bonchev–Trinajstić information content (AvgIpc) is 3.25. The van der Waals surface area contributed by atoms with Crippen LogP contribution in [0, 0.1) is 11.7 Å². The topological polar surface area (TPSA) is 49.4 Å². The Bertz CT molecular complexity index is 850. The minimum absolute atomic E-state index is 0.0691. The average molecular weight is 415 g/mol. The molecular weight excluding hydrogens is 387 g/mol. The highest BCUT2D eigenvalue weighted by Crippen LogP contribution is 2.29. The molecule has 2 heterocycles. The van der Waals surface area contributed by atoms with Crippen molar-refractivity contribution in [2.75, 3.05) is 13.1 Å². The lowest BCUT2D eigenvalue weighted by atomic mass is 9.87. The summed E-state index contributed by atoms with van der Waals surface area (Å²) in [6.45, 7) is 1.46. The standard InChI is InChI=1S/C23H27FN2O2S/c24-18-8-6-16(7-9-18)20-10-11-21(29-20)22(27)25-19-12-14-26(15-13-19)23(28)17-4-2-1-3-5-17/h6-11,17,19H,1-5,12-15H2,(H,25,27). The van der Waals surface area contributed by atoms with E-state index in [1.54, 1.807) is 12.1 Å². The van der Waals surface area contributed by atoms with Crippen LogP contribution in [-0.2, 0) is 4.79 Å². The molecule has 154 valence electrons. The summed E-state index contributed by atoms with van der Waals surface area (Å²) in [6, 6.07) is 10.1. The first kappa shape index (κ1) is 20.1. The number of benzene rings is 1. The van der Waals surface area contributed by atoms with Gasteiger partial charge in [-0.15, -0.1) is 11.3 Å². The molecule has 2 amide bonds.